The quantitative estimate of drug-likeness (QED) is 0.794. The van der Waals surface area contributed by atoms with Crippen LogP contribution < -0.4 is 10.6 Å². The van der Waals surface area contributed by atoms with E-state index in [0.717, 1.165) is 12.8 Å². The van der Waals surface area contributed by atoms with Crippen molar-refractivity contribution >= 4 is 5.91 Å². The van der Waals surface area contributed by atoms with E-state index in [9.17, 15) is 4.79 Å². The molecular formula is C12H20N4O. The van der Waals surface area contributed by atoms with Crippen molar-refractivity contribution in [2.75, 3.05) is 0 Å². The van der Waals surface area contributed by atoms with Gasteiger partial charge in [0.1, 0.15) is 5.69 Å². The van der Waals surface area contributed by atoms with Crippen molar-refractivity contribution in [3.63, 3.8) is 0 Å². The van der Waals surface area contributed by atoms with Gasteiger partial charge in [0, 0.05) is 31.4 Å². The molecule has 1 aromatic rings. The molecule has 1 aromatic heterocycles. The maximum absolute atomic E-state index is 11.9. The number of rotatable bonds is 2. The lowest BCUT2D eigenvalue weighted by molar-refractivity contribution is 0.0910. The van der Waals surface area contributed by atoms with Crippen LogP contribution in [0.5, 0.6) is 0 Å². The highest BCUT2D eigenvalue weighted by molar-refractivity contribution is 5.92. The smallest absolute Gasteiger partial charge is 0.271 e. The molecular weight excluding hydrogens is 216 g/mol. The number of amides is 1. The minimum absolute atomic E-state index is 0.0844. The predicted octanol–water partition coefficient (Wildman–Crippen LogP) is 0.679. The fourth-order valence-corrected chi connectivity index (χ4v) is 2.30. The van der Waals surface area contributed by atoms with Crippen LogP contribution in [0.15, 0.2) is 12.5 Å². The van der Waals surface area contributed by atoms with Gasteiger partial charge in [-0.15, -0.1) is 0 Å². The number of aryl methyl sites for hydroxylation is 1. The number of carbonyl (C=O) groups is 1. The molecule has 0 aromatic carbocycles. The van der Waals surface area contributed by atoms with E-state index in [2.05, 4.69) is 29.5 Å². The first-order valence-electron chi connectivity index (χ1n) is 6.11. The Kier molecular flexibility index (Phi) is 3.47. The Bertz CT molecular complexity index is 401. The second-order valence-corrected chi connectivity index (χ2v) is 4.94. The SMILES string of the molecule is CC1CCC(NC(=O)c2cn(C)cn2)C(C)N1. The molecule has 5 nitrogen and oxygen atoms in total. The first kappa shape index (κ1) is 12.1. The van der Waals surface area contributed by atoms with Gasteiger partial charge in [-0.25, -0.2) is 4.98 Å². The van der Waals surface area contributed by atoms with E-state index in [1.165, 1.54) is 0 Å². The van der Waals surface area contributed by atoms with Crippen LogP contribution in [-0.2, 0) is 7.05 Å². The van der Waals surface area contributed by atoms with Gasteiger partial charge >= 0.3 is 0 Å². The zero-order valence-corrected chi connectivity index (χ0v) is 10.6. The third-order valence-corrected chi connectivity index (χ3v) is 3.32. The fourth-order valence-electron chi connectivity index (χ4n) is 2.30. The Labute approximate surface area is 102 Å². The number of imidazole rings is 1. The number of hydrogen-bond donors (Lipinski definition) is 2. The molecule has 5 heteroatoms. The van der Waals surface area contributed by atoms with Crippen molar-refractivity contribution in [3.05, 3.63) is 18.2 Å². The van der Waals surface area contributed by atoms with Gasteiger partial charge in [0.25, 0.3) is 5.91 Å². The number of nitrogens with one attached hydrogen (secondary N) is 2. The van der Waals surface area contributed by atoms with Crippen LogP contribution in [0.2, 0.25) is 0 Å². The highest BCUT2D eigenvalue weighted by atomic mass is 16.2. The summed E-state index contributed by atoms with van der Waals surface area (Å²) >= 11 is 0. The molecule has 2 N–H and O–H groups in total. The van der Waals surface area contributed by atoms with Crippen LogP contribution >= 0.6 is 0 Å². The third-order valence-electron chi connectivity index (χ3n) is 3.32. The Morgan fingerprint density at radius 2 is 2.29 bits per heavy atom. The minimum Gasteiger partial charge on any atom is -0.346 e. The van der Waals surface area contributed by atoms with Gasteiger partial charge in [-0.2, -0.15) is 0 Å². The Balaban J connectivity index is 1.95. The Hall–Kier alpha value is -1.36. The molecule has 1 fully saturated rings. The molecule has 17 heavy (non-hydrogen) atoms. The van der Waals surface area contributed by atoms with E-state index in [1.54, 1.807) is 17.1 Å². The molecule has 1 aliphatic rings. The second-order valence-electron chi connectivity index (χ2n) is 4.94. The van der Waals surface area contributed by atoms with Crippen LogP contribution in [0.1, 0.15) is 37.2 Å². The van der Waals surface area contributed by atoms with E-state index >= 15 is 0 Å². The van der Waals surface area contributed by atoms with Crippen LogP contribution in [0.3, 0.4) is 0 Å². The van der Waals surface area contributed by atoms with Gasteiger partial charge in [0.15, 0.2) is 0 Å². The number of hydrogen-bond acceptors (Lipinski definition) is 3. The van der Waals surface area contributed by atoms with Crippen molar-refractivity contribution in [1.82, 2.24) is 20.2 Å². The molecule has 0 saturated carbocycles. The molecule has 94 valence electrons. The Morgan fingerprint density at radius 3 is 2.88 bits per heavy atom. The first-order chi connectivity index (χ1) is 8.06. The topological polar surface area (TPSA) is 59.0 Å². The van der Waals surface area contributed by atoms with Crippen molar-refractivity contribution in [2.45, 2.75) is 44.8 Å². The number of nitrogens with zero attached hydrogens (tertiary/aromatic N) is 2. The summed E-state index contributed by atoms with van der Waals surface area (Å²) < 4.78 is 1.78. The molecule has 3 unspecified atom stereocenters. The lowest BCUT2D eigenvalue weighted by atomic mass is 9.95. The summed E-state index contributed by atoms with van der Waals surface area (Å²) in [5.74, 6) is -0.0844. The van der Waals surface area contributed by atoms with Crippen LogP contribution in [0.4, 0.5) is 0 Å². The average Bonchev–Trinajstić information content (AvgIpc) is 2.69. The molecule has 2 heterocycles. The van der Waals surface area contributed by atoms with E-state index in [4.69, 9.17) is 0 Å². The van der Waals surface area contributed by atoms with Crippen molar-refractivity contribution in [3.8, 4) is 0 Å². The zero-order chi connectivity index (χ0) is 12.4. The lowest BCUT2D eigenvalue weighted by Gasteiger charge is -2.34. The molecule has 1 saturated heterocycles. The van der Waals surface area contributed by atoms with E-state index in [0.29, 0.717) is 17.8 Å². The summed E-state index contributed by atoms with van der Waals surface area (Å²) in [6.45, 7) is 4.28. The molecule has 2 rings (SSSR count). The largest absolute Gasteiger partial charge is 0.346 e. The van der Waals surface area contributed by atoms with Crippen molar-refractivity contribution in [2.24, 2.45) is 7.05 Å². The van der Waals surface area contributed by atoms with E-state index in [1.807, 2.05) is 7.05 Å². The van der Waals surface area contributed by atoms with E-state index in [-0.39, 0.29) is 11.9 Å². The summed E-state index contributed by atoms with van der Waals surface area (Å²) in [5, 5.41) is 6.49. The fraction of sp³-hybridized carbons (Fsp3) is 0.667. The first-order valence-corrected chi connectivity index (χ1v) is 6.11. The lowest BCUT2D eigenvalue weighted by Crippen LogP contribution is -2.54. The normalized spacial score (nSPS) is 29.0. The van der Waals surface area contributed by atoms with Crippen molar-refractivity contribution < 1.29 is 4.79 Å². The molecule has 0 aliphatic carbocycles. The van der Waals surface area contributed by atoms with Crippen molar-refractivity contribution in [1.29, 1.82) is 0 Å². The monoisotopic (exact) mass is 236 g/mol. The Morgan fingerprint density at radius 1 is 1.53 bits per heavy atom. The standard InChI is InChI=1S/C12H20N4O/c1-8-4-5-10(9(2)14-8)15-12(17)11-6-16(3)7-13-11/h6-10,14H,4-5H2,1-3H3,(H,15,17). The molecule has 3 atom stereocenters. The maximum Gasteiger partial charge on any atom is 0.271 e. The van der Waals surface area contributed by atoms with E-state index < -0.39 is 0 Å². The van der Waals surface area contributed by atoms with Crippen LogP contribution in [0.25, 0.3) is 0 Å². The minimum atomic E-state index is -0.0844. The molecule has 0 bridgehead atoms. The maximum atomic E-state index is 11.9. The van der Waals surface area contributed by atoms with Crippen LogP contribution in [0, 0.1) is 0 Å². The zero-order valence-electron chi connectivity index (χ0n) is 10.6. The highest BCUT2D eigenvalue weighted by Crippen LogP contribution is 2.13. The molecule has 0 spiro atoms. The number of carbonyl (C=O) groups excluding carboxylic acids is 1. The predicted molar refractivity (Wildman–Crippen MR) is 65.8 cm³/mol. The second kappa shape index (κ2) is 4.87. The van der Waals surface area contributed by atoms with Crippen LogP contribution in [-0.4, -0.2) is 33.6 Å². The summed E-state index contributed by atoms with van der Waals surface area (Å²) in [6, 6.07) is 1.04. The number of piperidine rings is 1. The van der Waals surface area contributed by atoms with Gasteiger partial charge in [-0.1, -0.05) is 0 Å². The third kappa shape index (κ3) is 2.85. The van der Waals surface area contributed by atoms with Gasteiger partial charge in [0.2, 0.25) is 0 Å². The summed E-state index contributed by atoms with van der Waals surface area (Å²) in [7, 11) is 1.86. The van der Waals surface area contributed by atoms with Gasteiger partial charge in [-0.3, -0.25) is 4.79 Å². The average molecular weight is 236 g/mol. The van der Waals surface area contributed by atoms with Gasteiger partial charge < -0.3 is 15.2 Å². The van der Waals surface area contributed by atoms with Gasteiger partial charge in [-0.05, 0) is 26.7 Å². The summed E-state index contributed by atoms with van der Waals surface area (Å²) in [4.78, 5) is 16.0. The molecule has 0 radical (unpaired) electrons. The van der Waals surface area contributed by atoms with Gasteiger partial charge in [0.05, 0.1) is 6.33 Å². The summed E-state index contributed by atoms with van der Waals surface area (Å²) in [6.07, 6.45) is 5.49. The molecule has 1 amide bonds. The molecule has 1 aliphatic heterocycles. The summed E-state index contributed by atoms with van der Waals surface area (Å²) in [5.41, 5.74) is 0.485. The number of aromatic nitrogens is 2. The highest BCUT2D eigenvalue weighted by Gasteiger charge is 2.26.